The van der Waals surface area contributed by atoms with Crippen molar-refractivity contribution in [1.82, 2.24) is 9.55 Å². The van der Waals surface area contributed by atoms with Gasteiger partial charge in [0, 0.05) is 33.9 Å². The summed E-state index contributed by atoms with van der Waals surface area (Å²) in [5.74, 6) is 1.17. The van der Waals surface area contributed by atoms with Crippen LogP contribution in [0.3, 0.4) is 0 Å². The van der Waals surface area contributed by atoms with Crippen molar-refractivity contribution in [3.63, 3.8) is 0 Å². The first-order valence-electron chi connectivity index (χ1n) is 20.9. The minimum atomic E-state index is -2.32. The first-order chi connectivity index (χ1) is 29.2. The van der Waals surface area contributed by atoms with E-state index in [1.54, 1.807) is 0 Å². The summed E-state index contributed by atoms with van der Waals surface area (Å²) in [5, 5.41) is 2.19. The van der Waals surface area contributed by atoms with Crippen molar-refractivity contribution in [2.45, 2.75) is 19.8 Å². The first-order valence-corrected chi connectivity index (χ1v) is 19.4. The van der Waals surface area contributed by atoms with Crippen molar-refractivity contribution >= 4 is 55.9 Å². The van der Waals surface area contributed by atoms with Gasteiger partial charge in [0.05, 0.1) is 23.7 Å². The van der Waals surface area contributed by atoms with E-state index in [2.05, 4.69) is 157 Å². The predicted octanol–water partition coefficient (Wildman–Crippen LogP) is 13.2. The molecule has 0 unspecified atom stereocenters. The van der Waals surface area contributed by atoms with Gasteiger partial charge in [0.15, 0.2) is 0 Å². The number of hydrogen-bond acceptors (Lipinski definition) is 4. The molecule has 0 radical (unpaired) electrons. The molecule has 7 aromatic carbocycles. The Morgan fingerprint density at radius 2 is 1.29 bits per heavy atom. The van der Waals surface area contributed by atoms with Crippen LogP contribution in [-0.2, 0) is 21.1 Å². The zero-order valence-corrected chi connectivity index (χ0v) is 34.4. The van der Waals surface area contributed by atoms with Crippen LogP contribution in [-0.4, -0.2) is 23.2 Å². The van der Waals surface area contributed by atoms with E-state index >= 15 is 0 Å². The molecule has 0 fully saturated rings. The molecule has 0 amide bonds. The standard InChI is InChI=1S/C52H41N5.Pt/c1-36(2)39-30-31-53-51(32-39)57-47-25-11-10-22-45(47)46-29-28-42(34-50(46)57)56(41-21-14-20-40(33-41)55-35-54(3)48-26-12-13-27-49(48)55)52-43(37-16-6-4-7-17-37)23-15-24-44(52)38-18-8-5-9-19-38;/h4-32,36H,35H2,1-3H3;/q-2;+2/i3D3;. The monoisotopic (exact) mass is 933 g/mol. The van der Waals surface area contributed by atoms with Crippen LogP contribution in [0.5, 0.6) is 0 Å². The zero-order chi connectivity index (χ0) is 41.0. The fourth-order valence-corrected chi connectivity index (χ4v) is 8.18. The minimum absolute atomic E-state index is 0. The van der Waals surface area contributed by atoms with Gasteiger partial charge in [0.25, 0.3) is 0 Å². The SMILES string of the molecule is [2H]C([2H])([2H])N1CN(c2[c-]c(N(c3[c-]c4c(cc3)c3ccccc3n4-c3cc(C(C)C)ccn3)c3c(-c4ccccc4)cccc3-c3ccccc3)ccc2)c2ccccc21.[Pt+2]. The summed E-state index contributed by atoms with van der Waals surface area (Å²) >= 11 is 0. The summed E-state index contributed by atoms with van der Waals surface area (Å²) < 4.78 is 27.4. The van der Waals surface area contributed by atoms with Crippen LogP contribution in [0.25, 0.3) is 49.9 Å². The summed E-state index contributed by atoms with van der Waals surface area (Å²) in [7, 11) is 0. The van der Waals surface area contributed by atoms with Gasteiger partial charge >= 0.3 is 21.1 Å². The second-order valence-corrected chi connectivity index (χ2v) is 14.7. The minimum Gasteiger partial charge on any atom is -0.357 e. The number of anilines is 6. The second-order valence-electron chi connectivity index (χ2n) is 14.7. The van der Waals surface area contributed by atoms with Crippen molar-refractivity contribution in [1.29, 1.82) is 0 Å². The van der Waals surface area contributed by atoms with Gasteiger partial charge in [0.1, 0.15) is 5.82 Å². The Hall–Kier alpha value is -6.42. The maximum atomic E-state index is 8.38. The van der Waals surface area contributed by atoms with E-state index in [0.717, 1.165) is 78.3 Å². The van der Waals surface area contributed by atoms with Crippen molar-refractivity contribution in [3.05, 3.63) is 194 Å². The molecule has 0 saturated heterocycles. The summed E-state index contributed by atoms with van der Waals surface area (Å²) in [4.78, 5) is 10.7. The summed E-state index contributed by atoms with van der Waals surface area (Å²) in [6.07, 6.45) is 1.90. The van der Waals surface area contributed by atoms with Crippen molar-refractivity contribution in [2.75, 3.05) is 28.3 Å². The molecule has 0 atom stereocenters. The van der Waals surface area contributed by atoms with Gasteiger partial charge in [0.2, 0.25) is 0 Å². The Balaban J connectivity index is 0.00000476. The average Bonchev–Trinajstić information content (AvgIpc) is 3.84. The summed E-state index contributed by atoms with van der Waals surface area (Å²) in [6.45, 7) is 2.24. The first kappa shape index (κ1) is 33.7. The fraction of sp³-hybridized carbons (Fsp3) is 0.0962. The molecule has 0 N–H and O–H groups in total. The van der Waals surface area contributed by atoms with Crippen molar-refractivity contribution in [2.24, 2.45) is 0 Å². The van der Waals surface area contributed by atoms with Gasteiger partial charge < -0.3 is 19.3 Å². The second kappa shape index (κ2) is 15.5. The number of aromatic nitrogens is 2. The van der Waals surface area contributed by atoms with Crippen molar-refractivity contribution < 1.29 is 25.2 Å². The Morgan fingerprint density at radius 1 is 0.638 bits per heavy atom. The van der Waals surface area contributed by atoms with Gasteiger partial charge in [-0.3, -0.25) is 0 Å². The molecule has 5 nitrogen and oxygen atoms in total. The molecule has 58 heavy (non-hydrogen) atoms. The predicted molar refractivity (Wildman–Crippen MR) is 238 cm³/mol. The number of para-hydroxylation sites is 4. The van der Waals surface area contributed by atoms with E-state index in [4.69, 9.17) is 9.10 Å². The van der Waals surface area contributed by atoms with Crippen LogP contribution in [0.2, 0.25) is 0 Å². The van der Waals surface area contributed by atoms with Gasteiger partial charge in [-0.1, -0.05) is 146 Å². The van der Waals surface area contributed by atoms with Gasteiger partial charge in [-0.05, 0) is 58.3 Å². The van der Waals surface area contributed by atoms with Gasteiger partial charge in [-0.2, -0.15) is 12.1 Å². The Bertz CT molecular complexity index is 2960. The molecule has 1 aliphatic rings. The number of fused-ring (bicyclic) bond motifs is 4. The van der Waals surface area contributed by atoms with E-state index in [0.29, 0.717) is 11.6 Å². The van der Waals surface area contributed by atoms with E-state index in [1.807, 2.05) is 59.6 Å². The Morgan fingerprint density at radius 3 is 2.02 bits per heavy atom. The number of benzene rings is 7. The van der Waals surface area contributed by atoms with E-state index in [9.17, 15) is 0 Å². The summed E-state index contributed by atoms with van der Waals surface area (Å²) in [6, 6.07) is 66.0. The van der Waals surface area contributed by atoms with Crippen LogP contribution >= 0.6 is 0 Å². The summed E-state index contributed by atoms with van der Waals surface area (Å²) in [5.41, 5.74) is 12.2. The third-order valence-corrected chi connectivity index (χ3v) is 10.9. The molecule has 6 heteroatoms. The molecular formula is C52H41N5Pt. The van der Waals surface area contributed by atoms with Crippen LogP contribution in [0, 0.1) is 12.1 Å². The smallest absolute Gasteiger partial charge is 0.357 e. The van der Waals surface area contributed by atoms with Crippen LogP contribution in [0.15, 0.2) is 176 Å². The van der Waals surface area contributed by atoms with E-state index in [1.165, 1.54) is 10.5 Å². The van der Waals surface area contributed by atoms with E-state index < -0.39 is 6.98 Å². The van der Waals surface area contributed by atoms with Crippen LogP contribution in [0.1, 0.15) is 29.4 Å². The molecule has 3 heterocycles. The Labute approximate surface area is 358 Å². The van der Waals surface area contributed by atoms with Crippen molar-refractivity contribution in [3.8, 4) is 28.1 Å². The molecule has 0 bridgehead atoms. The molecule has 2 aromatic heterocycles. The normalized spacial score (nSPS) is 13.3. The molecule has 1 aliphatic heterocycles. The molecular weight excluding hydrogens is 890 g/mol. The molecule has 0 saturated carbocycles. The number of hydrogen-bond donors (Lipinski definition) is 0. The zero-order valence-electron chi connectivity index (χ0n) is 35.1. The van der Waals surface area contributed by atoms with Gasteiger partial charge in [-0.25, -0.2) is 4.98 Å². The quantitative estimate of drug-likeness (QED) is 0.142. The molecule has 0 spiro atoms. The largest absolute Gasteiger partial charge is 2.00 e. The van der Waals surface area contributed by atoms with Gasteiger partial charge in [-0.15, -0.1) is 35.7 Å². The third-order valence-electron chi connectivity index (χ3n) is 10.9. The fourth-order valence-electron chi connectivity index (χ4n) is 8.18. The maximum absolute atomic E-state index is 8.38. The van der Waals surface area contributed by atoms with Crippen LogP contribution < -0.4 is 14.7 Å². The molecule has 9 aromatic rings. The number of nitrogens with zero attached hydrogens (tertiary/aromatic N) is 5. The number of pyridine rings is 1. The topological polar surface area (TPSA) is 27.5 Å². The van der Waals surface area contributed by atoms with Crippen LogP contribution in [0.4, 0.5) is 34.1 Å². The molecule has 10 rings (SSSR count). The molecule has 284 valence electrons. The average molecular weight is 934 g/mol. The molecule has 0 aliphatic carbocycles. The third kappa shape index (κ3) is 6.46. The number of rotatable bonds is 8. The van der Waals surface area contributed by atoms with E-state index in [-0.39, 0.29) is 27.7 Å². The maximum Gasteiger partial charge on any atom is 2.00 e. The Kier molecular flexibility index (Phi) is 9.00.